The Morgan fingerprint density at radius 1 is 1.18 bits per heavy atom. The molecule has 2 aromatic rings. The maximum absolute atomic E-state index is 12.3. The summed E-state index contributed by atoms with van der Waals surface area (Å²) in [6.07, 6.45) is 2.26. The molecule has 0 saturated heterocycles. The van der Waals surface area contributed by atoms with Crippen molar-refractivity contribution in [1.82, 2.24) is 0 Å². The van der Waals surface area contributed by atoms with E-state index in [-0.39, 0.29) is 17.4 Å². The van der Waals surface area contributed by atoms with Crippen molar-refractivity contribution in [2.45, 2.75) is 13.3 Å². The van der Waals surface area contributed by atoms with Crippen molar-refractivity contribution in [3.8, 4) is 5.75 Å². The quantitative estimate of drug-likeness (QED) is 0.836. The van der Waals surface area contributed by atoms with Crippen LogP contribution >= 0.6 is 0 Å². The first kappa shape index (κ1) is 14.1. The van der Waals surface area contributed by atoms with E-state index in [0.717, 1.165) is 5.56 Å². The van der Waals surface area contributed by atoms with Gasteiger partial charge in [0.1, 0.15) is 5.75 Å². The first-order chi connectivity index (χ1) is 10.5. The smallest absolute Gasteiger partial charge is 0.221 e. The van der Waals surface area contributed by atoms with Crippen LogP contribution in [0.25, 0.3) is 6.08 Å². The number of carbonyl (C=O) groups is 2. The molecule has 0 bridgehead atoms. The Hall–Kier alpha value is -2.88. The van der Waals surface area contributed by atoms with Gasteiger partial charge in [-0.2, -0.15) is 0 Å². The molecule has 2 N–H and O–H groups in total. The van der Waals surface area contributed by atoms with E-state index in [0.29, 0.717) is 28.8 Å². The van der Waals surface area contributed by atoms with Gasteiger partial charge >= 0.3 is 0 Å². The Morgan fingerprint density at radius 3 is 2.55 bits per heavy atom. The first-order valence-corrected chi connectivity index (χ1v) is 6.98. The third kappa shape index (κ3) is 2.63. The van der Waals surface area contributed by atoms with Crippen molar-refractivity contribution >= 4 is 23.5 Å². The third-order valence-corrected chi connectivity index (χ3v) is 3.63. The Bertz CT molecular complexity index is 788. The highest BCUT2D eigenvalue weighted by atomic mass is 16.3. The zero-order valence-electron chi connectivity index (χ0n) is 12.1. The monoisotopic (exact) mass is 293 g/mol. The van der Waals surface area contributed by atoms with E-state index in [1.54, 1.807) is 30.3 Å². The average molecular weight is 293 g/mol. The number of phenolic OH excluding ortho intramolecular Hbond substituents is 1. The molecule has 0 heterocycles. The fourth-order valence-corrected chi connectivity index (χ4v) is 2.60. The lowest BCUT2D eigenvalue weighted by molar-refractivity contribution is -0.114. The number of allylic oxidation sites excluding steroid dienone is 1. The van der Waals surface area contributed by atoms with E-state index in [1.165, 1.54) is 6.92 Å². The summed E-state index contributed by atoms with van der Waals surface area (Å²) in [7, 11) is 0. The fourth-order valence-electron chi connectivity index (χ4n) is 2.60. The molecule has 0 radical (unpaired) electrons. The maximum atomic E-state index is 12.3. The average Bonchev–Trinajstić information content (AvgIpc) is 2.79. The van der Waals surface area contributed by atoms with Gasteiger partial charge in [0.2, 0.25) is 5.91 Å². The summed E-state index contributed by atoms with van der Waals surface area (Å²) >= 11 is 0. The van der Waals surface area contributed by atoms with Crippen molar-refractivity contribution in [2.24, 2.45) is 0 Å². The molecule has 4 nitrogen and oxygen atoms in total. The number of ketones is 1. The summed E-state index contributed by atoms with van der Waals surface area (Å²) in [6.45, 7) is 1.46. The van der Waals surface area contributed by atoms with Crippen molar-refractivity contribution < 1.29 is 14.7 Å². The Labute approximate surface area is 128 Å². The number of fused-ring (bicyclic) bond motifs is 1. The van der Waals surface area contributed by atoms with Crippen molar-refractivity contribution in [3.05, 3.63) is 64.7 Å². The van der Waals surface area contributed by atoms with Crippen LogP contribution in [0.3, 0.4) is 0 Å². The first-order valence-electron chi connectivity index (χ1n) is 6.98. The van der Waals surface area contributed by atoms with Gasteiger partial charge in [0.05, 0.1) is 0 Å². The normalized spacial score (nSPS) is 15.0. The van der Waals surface area contributed by atoms with Gasteiger partial charge in [-0.3, -0.25) is 9.59 Å². The van der Waals surface area contributed by atoms with Gasteiger partial charge in [-0.1, -0.05) is 24.3 Å². The number of rotatable bonds is 2. The standard InChI is InChI=1S/C18H15NO3/c1-11(20)19-14-7-5-12(6-8-14)9-13-10-16-15(18(13)22)3-2-4-17(16)21/h2-9,21H,10H2,1H3,(H,19,20)/b13-9-. The number of hydrogen-bond donors (Lipinski definition) is 2. The molecule has 3 rings (SSSR count). The van der Waals surface area contributed by atoms with E-state index in [2.05, 4.69) is 5.32 Å². The minimum absolute atomic E-state index is 0.0446. The van der Waals surface area contributed by atoms with Gasteiger partial charge in [0.15, 0.2) is 5.78 Å². The molecule has 22 heavy (non-hydrogen) atoms. The summed E-state index contributed by atoms with van der Waals surface area (Å²) in [4.78, 5) is 23.3. The minimum atomic E-state index is -0.122. The van der Waals surface area contributed by atoms with Crippen molar-refractivity contribution in [1.29, 1.82) is 0 Å². The molecule has 0 unspecified atom stereocenters. The number of anilines is 1. The highest BCUT2D eigenvalue weighted by Gasteiger charge is 2.26. The van der Waals surface area contributed by atoms with Gasteiger partial charge in [0, 0.05) is 35.7 Å². The molecule has 0 aromatic heterocycles. The predicted molar refractivity (Wildman–Crippen MR) is 84.9 cm³/mol. The Balaban J connectivity index is 1.87. The molecule has 0 fully saturated rings. The second kappa shape index (κ2) is 5.48. The van der Waals surface area contributed by atoms with Gasteiger partial charge < -0.3 is 10.4 Å². The number of nitrogens with one attached hydrogen (secondary N) is 1. The van der Waals surface area contributed by atoms with E-state index in [4.69, 9.17) is 0 Å². The van der Waals surface area contributed by atoms with Crippen LogP contribution in [0.15, 0.2) is 48.0 Å². The van der Waals surface area contributed by atoms with E-state index < -0.39 is 0 Å². The Kier molecular flexibility index (Phi) is 3.51. The van der Waals surface area contributed by atoms with Crippen LogP contribution in [0, 0.1) is 0 Å². The third-order valence-electron chi connectivity index (χ3n) is 3.63. The predicted octanol–water partition coefficient (Wildman–Crippen LogP) is 3.17. The fraction of sp³-hybridized carbons (Fsp3) is 0.111. The molecule has 110 valence electrons. The van der Waals surface area contributed by atoms with Gasteiger partial charge in [-0.05, 0) is 29.8 Å². The summed E-state index contributed by atoms with van der Waals surface area (Å²) in [5.41, 5.74) is 3.51. The van der Waals surface area contributed by atoms with Crippen LogP contribution in [-0.2, 0) is 11.2 Å². The Morgan fingerprint density at radius 2 is 1.91 bits per heavy atom. The van der Waals surface area contributed by atoms with Crippen LogP contribution in [0.1, 0.15) is 28.4 Å². The zero-order chi connectivity index (χ0) is 15.7. The largest absolute Gasteiger partial charge is 0.508 e. The molecule has 4 heteroatoms. The molecule has 1 aliphatic rings. The number of amides is 1. The van der Waals surface area contributed by atoms with E-state index >= 15 is 0 Å². The summed E-state index contributed by atoms with van der Waals surface area (Å²) in [5, 5.41) is 12.5. The lowest BCUT2D eigenvalue weighted by atomic mass is 10.1. The summed E-state index contributed by atoms with van der Waals surface area (Å²) < 4.78 is 0. The highest BCUT2D eigenvalue weighted by molar-refractivity contribution is 6.16. The maximum Gasteiger partial charge on any atom is 0.221 e. The molecule has 1 aliphatic carbocycles. The highest BCUT2D eigenvalue weighted by Crippen LogP contribution is 2.33. The molecular weight excluding hydrogens is 278 g/mol. The van der Waals surface area contributed by atoms with E-state index in [1.807, 2.05) is 18.2 Å². The number of carbonyl (C=O) groups excluding carboxylic acids is 2. The van der Waals surface area contributed by atoms with Crippen LogP contribution in [0.4, 0.5) is 5.69 Å². The van der Waals surface area contributed by atoms with Crippen molar-refractivity contribution in [2.75, 3.05) is 5.32 Å². The summed E-state index contributed by atoms with van der Waals surface area (Å²) in [6, 6.07) is 12.3. The SMILES string of the molecule is CC(=O)Nc1ccc(/C=C2/Cc3c(O)cccc3C2=O)cc1. The van der Waals surface area contributed by atoms with Gasteiger partial charge in [0.25, 0.3) is 0 Å². The van der Waals surface area contributed by atoms with Crippen molar-refractivity contribution in [3.63, 3.8) is 0 Å². The summed E-state index contributed by atoms with van der Waals surface area (Å²) in [5.74, 6) is -0.00454. The zero-order valence-corrected chi connectivity index (χ0v) is 12.1. The van der Waals surface area contributed by atoms with Gasteiger partial charge in [-0.15, -0.1) is 0 Å². The lowest BCUT2D eigenvalue weighted by Crippen LogP contribution is -2.05. The molecule has 1 amide bonds. The molecule has 0 saturated carbocycles. The number of phenols is 1. The van der Waals surface area contributed by atoms with E-state index in [9.17, 15) is 14.7 Å². The van der Waals surface area contributed by atoms with Crippen LogP contribution in [0.5, 0.6) is 5.75 Å². The number of aromatic hydroxyl groups is 1. The topological polar surface area (TPSA) is 66.4 Å². The number of Topliss-reactive ketones (excluding diaryl/α,β-unsaturated/α-hetero) is 1. The minimum Gasteiger partial charge on any atom is -0.508 e. The number of benzene rings is 2. The lowest BCUT2D eigenvalue weighted by Gasteiger charge is -2.02. The number of hydrogen-bond acceptors (Lipinski definition) is 3. The molecule has 0 spiro atoms. The van der Waals surface area contributed by atoms with Gasteiger partial charge in [-0.25, -0.2) is 0 Å². The van der Waals surface area contributed by atoms with Crippen LogP contribution in [-0.4, -0.2) is 16.8 Å². The molecule has 0 atom stereocenters. The molecule has 0 aliphatic heterocycles. The molecule has 2 aromatic carbocycles. The second-order valence-corrected chi connectivity index (χ2v) is 5.28. The second-order valence-electron chi connectivity index (χ2n) is 5.28. The van der Waals surface area contributed by atoms with Crippen LogP contribution < -0.4 is 5.32 Å². The molecular formula is C18H15NO3. The van der Waals surface area contributed by atoms with Crippen LogP contribution in [0.2, 0.25) is 0 Å².